The van der Waals surface area contributed by atoms with Crippen LogP contribution in [-0.2, 0) is 11.3 Å². The number of hydrogen-bond acceptors (Lipinski definition) is 7. The fourth-order valence-electron chi connectivity index (χ4n) is 2.87. The lowest BCUT2D eigenvalue weighted by Crippen LogP contribution is -2.12. The van der Waals surface area contributed by atoms with Gasteiger partial charge in [0, 0.05) is 22.6 Å². The Morgan fingerprint density at radius 2 is 1.97 bits per heavy atom. The Kier molecular flexibility index (Phi) is 5.49. The number of nitro groups is 1. The highest BCUT2D eigenvalue weighted by Crippen LogP contribution is 2.30. The number of fused-ring (bicyclic) bond motifs is 1. The van der Waals surface area contributed by atoms with Crippen molar-refractivity contribution in [1.29, 1.82) is 0 Å². The Balaban J connectivity index is 1.83. The van der Waals surface area contributed by atoms with E-state index in [1.807, 2.05) is 6.92 Å². The summed E-state index contributed by atoms with van der Waals surface area (Å²) in [7, 11) is 0. The molecule has 9 nitrogen and oxygen atoms in total. The lowest BCUT2D eigenvalue weighted by Gasteiger charge is -2.06. The zero-order valence-electron chi connectivity index (χ0n) is 15.8. The smallest absolute Gasteiger partial charge is 0.374 e. The van der Waals surface area contributed by atoms with Crippen LogP contribution in [0.4, 0.5) is 5.69 Å². The molecule has 0 fully saturated rings. The lowest BCUT2D eigenvalue weighted by molar-refractivity contribution is -0.385. The molecule has 0 radical (unpaired) electrons. The minimum absolute atomic E-state index is 0.00468. The van der Waals surface area contributed by atoms with Crippen LogP contribution >= 0.6 is 0 Å². The molecule has 150 valence electrons. The first-order valence-electron chi connectivity index (χ1n) is 8.72. The molecular formula is C20H18N2O7. The number of nitrogens with zero attached hydrogens (tertiary/aromatic N) is 1. The van der Waals surface area contributed by atoms with Crippen LogP contribution in [0.3, 0.4) is 0 Å². The van der Waals surface area contributed by atoms with Gasteiger partial charge in [0.1, 0.15) is 17.9 Å². The van der Waals surface area contributed by atoms with E-state index in [9.17, 15) is 19.7 Å². The lowest BCUT2D eigenvalue weighted by atomic mass is 10.1. The van der Waals surface area contributed by atoms with Crippen molar-refractivity contribution in [3.63, 3.8) is 0 Å². The monoisotopic (exact) mass is 398 g/mol. The van der Waals surface area contributed by atoms with E-state index in [4.69, 9.17) is 19.6 Å². The Labute approximate surface area is 165 Å². The van der Waals surface area contributed by atoms with E-state index in [1.54, 1.807) is 25.1 Å². The van der Waals surface area contributed by atoms with E-state index in [0.29, 0.717) is 28.9 Å². The summed E-state index contributed by atoms with van der Waals surface area (Å²) in [6.45, 7) is 3.71. The van der Waals surface area contributed by atoms with Gasteiger partial charge in [0.2, 0.25) is 11.7 Å². The van der Waals surface area contributed by atoms with Crippen molar-refractivity contribution >= 4 is 28.5 Å². The summed E-state index contributed by atoms with van der Waals surface area (Å²) in [5, 5.41) is 12.0. The number of esters is 1. The van der Waals surface area contributed by atoms with Crippen LogP contribution in [0.2, 0.25) is 0 Å². The van der Waals surface area contributed by atoms with Gasteiger partial charge in [-0.25, -0.2) is 4.79 Å². The summed E-state index contributed by atoms with van der Waals surface area (Å²) < 4.78 is 16.2. The number of benzene rings is 2. The van der Waals surface area contributed by atoms with Gasteiger partial charge in [-0.05, 0) is 44.2 Å². The minimum atomic E-state index is -0.791. The third-order valence-electron chi connectivity index (χ3n) is 4.33. The highest BCUT2D eigenvalue weighted by molar-refractivity contribution is 5.96. The summed E-state index contributed by atoms with van der Waals surface area (Å²) in [5.41, 5.74) is 5.97. The fourth-order valence-corrected chi connectivity index (χ4v) is 2.87. The Hall–Kier alpha value is -3.88. The normalized spacial score (nSPS) is 10.7. The van der Waals surface area contributed by atoms with E-state index in [-0.39, 0.29) is 29.2 Å². The second-order valence-electron chi connectivity index (χ2n) is 6.19. The number of carbonyl (C=O) groups is 2. The second kappa shape index (κ2) is 8.01. The predicted molar refractivity (Wildman–Crippen MR) is 103 cm³/mol. The zero-order chi connectivity index (χ0) is 21.1. The number of ether oxygens (including phenoxy) is 2. The maximum absolute atomic E-state index is 12.5. The molecule has 2 aromatic carbocycles. The number of furan rings is 1. The molecule has 0 bridgehead atoms. The minimum Gasteiger partial charge on any atom is -0.494 e. The predicted octanol–water partition coefficient (Wildman–Crippen LogP) is 3.50. The van der Waals surface area contributed by atoms with Gasteiger partial charge in [-0.1, -0.05) is 0 Å². The summed E-state index contributed by atoms with van der Waals surface area (Å²) in [4.78, 5) is 34.3. The molecule has 0 aliphatic heterocycles. The SMILES string of the molecule is CCOc1ccc2oc(C(=O)OCc3ccc(C(N)=O)cc3[N+](=O)[O-])c(C)c2c1. The van der Waals surface area contributed by atoms with Crippen LogP contribution in [0.1, 0.15) is 39.0 Å². The third-order valence-corrected chi connectivity index (χ3v) is 4.33. The quantitative estimate of drug-likeness (QED) is 0.365. The molecule has 3 aromatic rings. The molecule has 1 heterocycles. The van der Waals surface area contributed by atoms with Gasteiger partial charge in [0.25, 0.3) is 5.69 Å². The van der Waals surface area contributed by atoms with Crippen LogP contribution in [0.5, 0.6) is 5.75 Å². The molecular weight excluding hydrogens is 380 g/mol. The first kappa shape index (κ1) is 19.9. The maximum atomic E-state index is 12.5. The molecule has 0 saturated carbocycles. The van der Waals surface area contributed by atoms with Gasteiger partial charge in [-0.15, -0.1) is 0 Å². The molecule has 2 N–H and O–H groups in total. The topological polar surface area (TPSA) is 135 Å². The third kappa shape index (κ3) is 4.03. The Bertz CT molecular complexity index is 1120. The number of amides is 1. The molecule has 3 rings (SSSR count). The molecule has 1 aromatic heterocycles. The van der Waals surface area contributed by atoms with Crippen LogP contribution in [-0.4, -0.2) is 23.4 Å². The van der Waals surface area contributed by atoms with Crippen molar-refractivity contribution < 1.29 is 28.4 Å². The number of aryl methyl sites for hydroxylation is 1. The number of nitrogens with two attached hydrogens (primary N) is 1. The van der Waals surface area contributed by atoms with Gasteiger partial charge in [-0.2, -0.15) is 0 Å². The highest BCUT2D eigenvalue weighted by Gasteiger charge is 2.22. The first-order chi connectivity index (χ1) is 13.8. The summed E-state index contributed by atoms with van der Waals surface area (Å²) >= 11 is 0. The van der Waals surface area contributed by atoms with Crippen LogP contribution < -0.4 is 10.5 Å². The summed E-state index contributed by atoms with van der Waals surface area (Å²) in [5.74, 6) is -0.898. The van der Waals surface area contributed by atoms with Crippen molar-refractivity contribution in [1.82, 2.24) is 0 Å². The van der Waals surface area contributed by atoms with E-state index in [1.165, 1.54) is 12.1 Å². The van der Waals surface area contributed by atoms with Crippen LogP contribution in [0, 0.1) is 17.0 Å². The van der Waals surface area contributed by atoms with E-state index >= 15 is 0 Å². The molecule has 29 heavy (non-hydrogen) atoms. The second-order valence-corrected chi connectivity index (χ2v) is 6.19. The van der Waals surface area contributed by atoms with Crippen LogP contribution in [0.25, 0.3) is 11.0 Å². The molecule has 0 spiro atoms. The summed E-state index contributed by atoms with van der Waals surface area (Å²) in [6, 6.07) is 8.89. The molecule has 0 saturated heterocycles. The number of rotatable bonds is 7. The van der Waals surface area contributed by atoms with Crippen molar-refractivity contribution in [2.75, 3.05) is 6.61 Å². The largest absolute Gasteiger partial charge is 0.494 e. The van der Waals surface area contributed by atoms with Gasteiger partial charge in [0.15, 0.2) is 0 Å². The van der Waals surface area contributed by atoms with E-state index in [2.05, 4.69) is 0 Å². The number of hydrogen-bond donors (Lipinski definition) is 1. The Morgan fingerprint density at radius 1 is 1.21 bits per heavy atom. The molecule has 0 unspecified atom stereocenters. The molecule has 0 aliphatic carbocycles. The molecule has 0 aliphatic rings. The van der Waals surface area contributed by atoms with Gasteiger partial charge < -0.3 is 19.6 Å². The number of nitro benzene ring substituents is 1. The standard InChI is InChI=1S/C20H18N2O7/c1-3-27-14-6-7-17-15(9-14)11(2)18(29-17)20(24)28-10-13-5-4-12(19(21)23)8-16(13)22(25)26/h4-9H,3,10H2,1-2H3,(H2,21,23). The zero-order valence-corrected chi connectivity index (χ0v) is 15.8. The first-order valence-corrected chi connectivity index (χ1v) is 8.72. The van der Waals surface area contributed by atoms with E-state index < -0.39 is 16.8 Å². The van der Waals surface area contributed by atoms with E-state index in [0.717, 1.165) is 6.07 Å². The van der Waals surface area contributed by atoms with Gasteiger partial charge in [0.05, 0.1) is 17.1 Å². The van der Waals surface area contributed by atoms with Crippen molar-refractivity contribution in [3.05, 3.63) is 69.0 Å². The summed E-state index contributed by atoms with van der Waals surface area (Å²) in [6.07, 6.45) is 0. The highest BCUT2D eigenvalue weighted by atomic mass is 16.6. The average Bonchev–Trinajstić information content (AvgIpc) is 3.02. The molecule has 1 amide bonds. The molecule has 9 heteroatoms. The van der Waals surface area contributed by atoms with Gasteiger partial charge >= 0.3 is 5.97 Å². The number of primary amides is 1. The van der Waals surface area contributed by atoms with Crippen LogP contribution in [0.15, 0.2) is 40.8 Å². The fraction of sp³-hybridized carbons (Fsp3) is 0.200. The van der Waals surface area contributed by atoms with Crippen molar-refractivity contribution in [3.8, 4) is 5.75 Å². The van der Waals surface area contributed by atoms with Gasteiger partial charge in [-0.3, -0.25) is 14.9 Å². The number of carbonyl (C=O) groups excluding carboxylic acids is 2. The van der Waals surface area contributed by atoms with Crippen molar-refractivity contribution in [2.24, 2.45) is 5.73 Å². The van der Waals surface area contributed by atoms with Crippen molar-refractivity contribution in [2.45, 2.75) is 20.5 Å². The Morgan fingerprint density at radius 3 is 2.62 bits per heavy atom. The maximum Gasteiger partial charge on any atom is 0.374 e. The average molecular weight is 398 g/mol. The molecule has 0 atom stereocenters.